The number of para-hydroxylation sites is 1. The summed E-state index contributed by atoms with van der Waals surface area (Å²) in [4.78, 5) is 14.6. The number of nitrogens with one attached hydrogen (secondary N) is 2. The highest BCUT2D eigenvalue weighted by Crippen LogP contribution is 2.24. The number of amides is 2. The van der Waals surface area contributed by atoms with Gasteiger partial charge in [0.15, 0.2) is 5.82 Å². The molecule has 0 aliphatic carbocycles. The summed E-state index contributed by atoms with van der Waals surface area (Å²) >= 11 is 6.09. The quantitative estimate of drug-likeness (QED) is 0.556. The van der Waals surface area contributed by atoms with E-state index in [2.05, 4.69) is 25.7 Å². The molecule has 0 bridgehead atoms. The Morgan fingerprint density at radius 2 is 1.67 bits per heavy atom. The van der Waals surface area contributed by atoms with Gasteiger partial charge < -0.3 is 15.5 Å². The predicted octanol–water partition coefficient (Wildman–Crippen LogP) is 5.82. The second-order valence-corrected chi connectivity index (χ2v) is 7.73. The molecule has 0 unspecified atom stereocenters. The van der Waals surface area contributed by atoms with E-state index in [4.69, 9.17) is 11.6 Å². The van der Waals surface area contributed by atoms with Gasteiger partial charge in [0.05, 0.1) is 16.4 Å². The molecule has 1 aromatic heterocycles. The molecule has 2 heterocycles. The van der Waals surface area contributed by atoms with Gasteiger partial charge in [-0.15, -0.1) is 10.2 Å². The standard InChI is InChI=1S/C23H24ClN5O/c24-19-10-3-4-11-21(19)26-23(30)25-18-9-7-8-17(16-18)20-12-13-22(28-27-20)29-14-5-1-2-6-15-29/h3-4,7-13,16H,1-2,5-6,14-15H2,(H2,25,26,30). The molecule has 0 atom stereocenters. The van der Waals surface area contributed by atoms with E-state index in [1.54, 1.807) is 12.1 Å². The third kappa shape index (κ3) is 5.07. The molecule has 0 saturated carbocycles. The molecule has 3 aromatic rings. The van der Waals surface area contributed by atoms with Crippen LogP contribution >= 0.6 is 11.6 Å². The van der Waals surface area contributed by atoms with Crippen LogP contribution in [-0.4, -0.2) is 29.3 Å². The predicted molar refractivity (Wildman–Crippen MR) is 122 cm³/mol. The first kappa shape index (κ1) is 20.2. The summed E-state index contributed by atoms with van der Waals surface area (Å²) in [5.74, 6) is 0.925. The van der Waals surface area contributed by atoms with Crippen LogP contribution in [0.4, 0.5) is 22.0 Å². The van der Waals surface area contributed by atoms with Crippen molar-refractivity contribution in [3.63, 3.8) is 0 Å². The first-order valence-corrected chi connectivity index (χ1v) is 10.6. The van der Waals surface area contributed by atoms with E-state index in [0.29, 0.717) is 16.4 Å². The van der Waals surface area contributed by atoms with Crippen molar-refractivity contribution in [1.29, 1.82) is 0 Å². The van der Waals surface area contributed by atoms with E-state index < -0.39 is 0 Å². The minimum Gasteiger partial charge on any atom is -0.355 e. The van der Waals surface area contributed by atoms with Gasteiger partial charge in [-0.05, 0) is 49.2 Å². The van der Waals surface area contributed by atoms with Crippen molar-refractivity contribution in [1.82, 2.24) is 10.2 Å². The monoisotopic (exact) mass is 421 g/mol. The first-order chi connectivity index (χ1) is 14.7. The zero-order chi connectivity index (χ0) is 20.8. The molecule has 1 aliphatic heterocycles. The summed E-state index contributed by atoms with van der Waals surface area (Å²) in [5, 5.41) is 14.9. The largest absolute Gasteiger partial charge is 0.355 e. The van der Waals surface area contributed by atoms with E-state index >= 15 is 0 Å². The number of hydrogen-bond acceptors (Lipinski definition) is 4. The number of carbonyl (C=O) groups is 1. The summed E-state index contributed by atoms with van der Waals surface area (Å²) in [6, 6.07) is 18.3. The van der Waals surface area contributed by atoms with Crippen LogP contribution in [0.2, 0.25) is 5.02 Å². The van der Waals surface area contributed by atoms with Gasteiger partial charge in [-0.25, -0.2) is 4.79 Å². The first-order valence-electron chi connectivity index (χ1n) is 10.2. The number of benzene rings is 2. The third-order valence-electron chi connectivity index (χ3n) is 5.12. The average molecular weight is 422 g/mol. The maximum atomic E-state index is 12.3. The molecule has 7 heteroatoms. The molecule has 6 nitrogen and oxygen atoms in total. The molecular weight excluding hydrogens is 398 g/mol. The normalized spacial score (nSPS) is 14.1. The summed E-state index contributed by atoms with van der Waals surface area (Å²) in [6.07, 6.45) is 4.97. The summed E-state index contributed by atoms with van der Waals surface area (Å²) in [7, 11) is 0. The number of aromatic nitrogens is 2. The Labute approximate surface area is 181 Å². The molecule has 0 spiro atoms. The minimum absolute atomic E-state index is 0.358. The molecule has 1 fully saturated rings. The van der Waals surface area contributed by atoms with Crippen molar-refractivity contribution in [2.45, 2.75) is 25.7 Å². The zero-order valence-electron chi connectivity index (χ0n) is 16.6. The van der Waals surface area contributed by atoms with Gasteiger partial charge in [-0.3, -0.25) is 0 Å². The van der Waals surface area contributed by atoms with Gasteiger partial charge in [-0.1, -0.05) is 48.7 Å². The second-order valence-electron chi connectivity index (χ2n) is 7.32. The van der Waals surface area contributed by atoms with E-state index in [1.807, 2.05) is 48.5 Å². The van der Waals surface area contributed by atoms with E-state index in [9.17, 15) is 4.79 Å². The third-order valence-corrected chi connectivity index (χ3v) is 5.45. The number of rotatable bonds is 4. The van der Waals surface area contributed by atoms with Gasteiger partial charge in [0, 0.05) is 24.3 Å². The maximum absolute atomic E-state index is 12.3. The maximum Gasteiger partial charge on any atom is 0.323 e. The lowest BCUT2D eigenvalue weighted by Crippen LogP contribution is -2.25. The molecule has 0 radical (unpaired) electrons. The van der Waals surface area contributed by atoms with E-state index in [0.717, 1.165) is 30.2 Å². The Balaban J connectivity index is 1.44. The Hall–Kier alpha value is -3.12. The Morgan fingerprint density at radius 1 is 0.867 bits per heavy atom. The number of carbonyl (C=O) groups excluding carboxylic acids is 1. The van der Waals surface area contributed by atoms with Crippen LogP contribution in [0.1, 0.15) is 25.7 Å². The van der Waals surface area contributed by atoms with Crippen molar-refractivity contribution in [3.8, 4) is 11.3 Å². The van der Waals surface area contributed by atoms with Crippen molar-refractivity contribution < 1.29 is 4.79 Å². The minimum atomic E-state index is -0.358. The van der Waals surface area contributed by atoms with Crippen LogP contribution in [0.5, 0.6) is 0 Å². The van der Waals surface area contributed by atoms with Gasteiger partial charge in [0.2, 0.25) is 0 Å². The molecule has 2 N–H and O–H groups in total. The zero-order valence-corrected chi connectivity index (χ0v) is 17.4. The van der Waals surface area contributed by atoms with Gasteiger partial charge >= 0.3 is 6.03 Å². The highest BCUT2D eigenvalue weighted by atomic mass is 35.5. The van der Waals surface area contributed by atoms with Crippen LogP contribution in [0.3, 0.4) is 0 Å². The Morgan fingerprint density at radius 3 is 2.40 bits per heavy atom. The number of nitrogens with zero attached hydrogens (tertiary/aromatic N) is 3. The Bertz CT molecular complexity index is 1000. The van der Waals surface area contributed by atoms with E-state index in [-0.39, 0.29) is 6.03 Å². The highest BCUT2D eigenvalue weighted by Gasteiger charge is 2.12. The molecule has 2 aromatic carbocycles. The lowest BCUT2D eigenvalue weighted by atomic mass is 10.1. The summed E-state index contributed by atoms with van der Waals surface area (Å²) in [6.45, 7) is 2.07. The molecule has 30 heavy (non-hydrogen) atoms. The van der Waals surface area contributed by atoms with Gasteiger partial charge in [-0.2, -0.15) is 0 Å². The molecular formula is C23H24ClN5O. The number of halogens is 1. The van der Waals surface area contributed by atoms with Crippen molar-refractivity contribution in [2.75, 3.05) is 28.6 Å². The van der Waals surface area contributed by atoms with Crippen LogP contribution in [0, 0.1) is 0 Å². The highest BCUT2D eigenvalue weighted by molar-refractivity contribution is 6.33. The average Bonchev–Trinajstić information content (AvgIpc) is 3.05. The van der Waals surface area contributed by atoms with Crippen LogP contribution < -0.4 is 15.5 Å². The number of hydrogen-bond donors (Lipinski definition) is 2. The molecule has 4 rings (SSSR count). The second kappa shape index (κ2) is 9.59. The van der Waals surface area contributed by atoms with Gasteiger partial charge in [0.1, 0.15) is 0 Å². The smallest absolute Gasteiger partial charge is 0.323 e. The number of anilines is 3. The SMILES string of the molecule is O=C(Nc1cccc(-c2ccc(N3CCCCCC3)nn2)c1)Nc1ccccc1Cl. The number of urea groups is 1. The van der Waals surface area contributed by atoms with Crippen molar-refractivity contribution in [3.05, 3.63) is 65.7 Å². The molecule has 1 aliphatic rings. The van der Waals surface area contributed by atoms with E-state index in [1.165, 1.54) is 25.7 Å². The fourth-order valence-corrected chi connectivity index (χ4v) is 3.73. The fourth-order valence-electron chi connectivity index (χ4n) is 3.55. The van der Waals surface area contributed by atoms with Crippen molar-refractivity contribution in [2.24, 2.45) is 0 Å². The summed E-state index contributed by atoms with van der Waals surface area (Å²) in [5.41, 5.74) is 2.88. The van der Waals surface area contributed by atoms with Crippen LogP contribution in [0.25, 0.3) is 11.3 Å². The Kier molecular flexibility index (Phi) is 6.44. The lowest BCUT2D eigenvalue weighted by molar-refractivity contribution is 0.262. The van der Waals surface area contributed by atoms with Crippen LogP contribution in [0.15, 0.2) is 60.7 Å². The van der Waals surface area contributed by atoms with Gasteiger partial charge in [0.25, 0.3) is 0 Å². The topological polar surface area (TPSA) is 70.2 Å². The molecule has 1 saturated heterocycles. The lowest BCUT2D eigenvalue weighted by Gasteiger charge is -2.20. The molecule has 2 amide bonds. The van der Waals surface area contributed by atoms with Crippen molar-refractivity contribution >= 4 is 34.8 Å². The fraction of sp³-hybridized carbons (Fsp3) is 0.261. The molecule has 154 valence electrons. The summed E-state index contributed by atoms with van der Waals surface area (Å²) < 4.78 is 0. The van der Waals surface area contributed by atoms with Crippen LogP contribution in [-0.2, 0) is 0 Å².